The maximum atomic E-state index is 12.3. The molecule has 1 aliphatic rings. The van der Waals surface area contributed by atoms with E-state index < -0.39 is 0 Å². The summed E-state index contributed by atoms with van der Waals surface area (Å²) < 4.78 is 16.1. The molecule has 0 aromatic carbocycles. The fourth-order valence-electron chi connectivity index (χ4n) is 2.98. The lowest BCUT2D eigenvalue weighted by Gasteiger charge is -2.22. The lowest BCUT2D eigenvalue weighted by molar-refractivity contribution is 0.0693. The summed E-state index contributed by atoms with van der Waals surface area (Å²) in [4.78, 5) is 16.5. The molecule has 0 spiro atoms. The predicted octanol–water partition coefficient (Wildman–Crippen LogP) is 2.32. The molecule has 3 aromatic heterocycles. The van der Waals surface area contributed by atoms with E-state index in [2.05, 4.69) is 25.7 Å². The van der Waals surface area contributed by atoms with Crippen molar-refractivity contribution >= 4 is 5.91 Å². The largest absolute Gasteiger partial charge is 0.472 e. The monoisotopic (exact) mass is 395 g/mol. The fourth-order valence-corrected chi connectivity index (χ4v) is 2.98. The standard InChI is InChI=1S/C20H21N5O4/c1-13-2-3-14(10-21-13)19-15(12-29-25-19)11-28-18-5-4-17(23-24-18)20(26)22-16-6-8-27-9-7-16/h2-5,10,12,16H,6-9,11H2,1H3,(H,22,26). The molecule has 1 saturated heterocycles. The molecule has 0 atom stereocenters. The molecule has 0 saturated carbocycles. The minimum absolute atomic E-state index is 0.109. The second-order valence-corrected chi connectivity index (χ2v) is 6.78. The number of pyridine rings is 1. The summed E-state index contributed by atoms with van der Waals surface area (Å²) in [5, 5.41) is 14.9. The fraction of sp³-hybridized carbons (Fsp3) is 0.350. The number of carbonyl (C=O) groups is 1. The molecule has 0 aliphatic carbocycles. The van der Waals surface area contributed by atoms with Gasteiger partial charge >= 0.3 is 0 Å². The molecular formula is C20H21N5O4. The third kappa shape index (κ3) is 4.75. The van der Waals surface area contributed by atoms with E-state index in [0.717, 1.165) is 29.7 Å². The number of nitrogens with one attached hydrogen (secondary N) is 1. The Balaban J connectivity index is 1.36. The molecule has 4 rings (SSSR count). The Morgan fingerprint density at radius 3 is 2.79 bits per heavy atom. The zero-order valence-corrected chi connectivity index (χ0v) is 16.0. The van der Waals surface area contributed by atoms with Gasteiger partial charge in [-0.3, -0.25) is 9.78 Å². The van der Waals surface area contributed by atoms with Crippen molar-refractivity contribution in [3.63, 3.8) is 0 Å². The van der Waals surface area contributed by atoms with Crippen LogP contribution in [0.5, 0.6) is 5.88 Å². The Morgan fingerprint density at radius 1 is 1.21 bits per heavy atom. The molecular weight excluding hydrogens is 374 g/mol. The van der Waals surface area contributed by atoms with Gasteiger partial charge in [-0.05, 0) is 38.0 Å². The number of aryl methyl sites for hydroxylation is 1. The molecule has 3 aromatic rings. The van der Waals surface area contributed by atoms with Gasteiger partial charge in [0.2, 0.25) is 5.88 Å². The molecule has 0 bridgehead atoms. The van der Waals surface area contributed by atoms with Crippen LogP contribution in [0.15, 0.2) is 41.2 Å². The Hall–Kier alpha value is -3.33. The number of amides is 1. The van der Waals surface area contributed by atoms with Gasteiger partial charge in [0.05, 0.1) is 5.56 Å². The Bertz CT molecular complexity index is 950. The number of hydrogen-bond donors (Lipinski definition) is 1. The van der Waals surface area contributed by atoms with Crippen LogP contribution in [0.25, 0.3) is 11.3 Å². The molecule has 1 amide bonds. The van der Waals surface area contributed by atoms with Crippen LogP contribution < -0.4 is 10.1 Å². The lowest BCUT2D eigenvalue weighted by Crippen LogP contribution is -2.39. The molecule has 9 nitrogen and oxygen atoms in total. The number of nitrogens with zero attached hydrogens (tertiary/aromatic N) is 4. The van der Waals surface area contributed by atoms with Gasteiger partial charge in [-0.15, -0.1) is 10.2 Å². The van der Waals surface area contributed by atoms with Gasteiger partial charge in [0.15, 0.2) is 5.69 Å². The Kier molecular flexibility index (Phi) is 5.76. The van der Waals surface area contributed by atoms with Gasteiger partial charge < -0.3 is 19.3 Å². The highest BCUT2D eigenvalue weighted by Gasteiger charge is 2.18. The van der Waals surface area contributed by atoms with Crippen molar-refractivity contribution in [2.75, 3.05) is 13.2 Å². The molecule has 150 valence electrons. The van der Waals surface area contributed by atoms with Crippen LogP contribution in [-0.2, 0) is 11.3 Å². The van der Waals surface area contributed by atoms with Crippen LogP contribution in [-0.4, -0.2) is 45.5 Å². The van der Waals surface area contributed by atoms with Crippen molar-refractivity contribution < 1.29 is 18.8 Å². The number of rotatable bonds is 6. The van der Waals surface area contributed by atoms with Crippen molar-refractivity contribution in [1.29, 1.82) is 0 Å². The Labute approximate surface area is 167 Å². The number of aromatic nitrogens is 4. The number of ether oxygens (including phenoxy) is 2. The van der Waals surface area contributed by atoms with E-state index in [0.29, 0.717) is 24.8 Å². The van der Waals surface area contributed by atoms with Crippen molar-refractivity contribution in [3.8, 4) is 17.1 Å². The second kappa shape index (κ2) is 8.78. The van der Waals surface area contributed by atoms with Gasteiger partial charge in [0.1, 0.15) is 18.6 Å². The quantitative estimate of drug-likeness (QED) is 0.677. The number of carbonyl (C=O) groups excluding carboxylic acids is 1. The van der Waals surface area contributed by atoms with Gasteiger partial charge in [-0.2, -0.15) is 0 Å². The highest BCUT2D eigenvalue weighted by molar-refractivity contribution is 5.92. The van der Waals surface area contributed by atoms with E-state index >= 15 is 0 Å². The van der Waals surface area contributed by atoms with Gasteiger partial charge in [0.25, 0.3) is 5.91 Å². The first-order valence-electron chi connectivity index (χ1n) is 9.40. The third-order valence-corrected chi connectivity index (χ3v) is 4.63. The van der Waals surface area contributed by atoms with E-state index in [4.69, 9.17) is 14.0 Å². The molecule has 29 heavy (non-hydrogen) atoms. The summed E-state index contributed by atoms with van der Waals surface area (Å²) in [6.45, 7) is 3.44. The molecule has 1 aliphatic heterocycles. The second-order valence-electron chi connectivity index (χ2n) is 6.78. The van der Waals surface area contributed by atoms with Crippen LogP contribution >= 0.6 is 0 Å². The van der Waals surface area contributed by atoms with Gasteiger partial charge in [-0.1, -0.05) is 5.16 Å². The average Bonchev–Trinajstić information content (AvgIpc) is 3.22. The smallest absolute Gasteiger partial charge is 0.272 e. The van der Waals surface area contributed by atoms with E-state index in [1.165, 1.54) is 6.26 Å². The van der Waals surface area contributed by atoms with E-state index in [1.54, 1.807) is 18.3 Å². The third-order valence-electron chi connectivity index (χ3n) is 4.63. The maximum Gasteiger partial charge on any atom is 0.272 e. The SMILES string of the molecule is Cc1ccc(-c2nocc2COc2ccc(C(=O)NC3CCOCC3)nn2)cn1. The van der Waals surface area contributed by atoms with Crippen LogP contribution in [0.2, 0.25) is 0 Å². The lowest BCUT2D eigenvalue weighted by atomic mass is 10.1. The molecule has 0 unspecified atom stereocenters. The van der Waals surface area contributed by atoms with Crippen LogP contribution in [0.3, 0.4) is 0 Å². The molecule has 0 radical (unpaired) electrons. The topological polar surface area (TPSA) is 112 Å². The highest BCUT2D eigenvalue weighted by Crippen LogP contribution is 2.22. The maximum absolute atomic E-state index is 12.3. The van der Waals surface area contributed by atoms with E-state index in [1.807, 2.05) is 19.1 Å². The van der Waals surface area contributed by atoms with E-state index in [-0.39, 0.29) is 24.2 Å². The van der Waals surface area contributed by atoms with Crippen molar-refractivity contribution in [2.45, 2.75) is 32.4 Å². The normalized spacial score (nSPS) is 14.5. The highest BCUT2D eigenvalue weighted by atomic mass is 16.5. The summed E-state index contributed by atoms with van der Waals surface area (Å²) in [7, 11) is 0. The van der Waals surface area contributed by atoms with Crippen LogP contribution in [0.1, 0.15) is 34.6 Å². The van der Waals surface area contributed by atoms with Gasteiger partial charge in [0, 0.05) is 42.8 Å². The molecule has 1 fully saturated rings. The average molecular weight is 395 g/mol. The first-order valence-corrected chi connectivity index (χ1v) is 9.40. The predicted molar refractivity (Wildman–Crippen MR) is 102 cm³/mol. The summed E-state index contributed by atoms with van der Waals surface area (Å²) in [6, 6.07) is 7.15. The zero-order chi connectivity index (χ0) is 20.1. The van der Waals surface area contributed by atoms with Crippen molar-refractivity contribution in [2.24, 2.45) is 0 Å². The molecule has 1 N–H and O–H groups in total. The Morgan fingerprint density at radius 2 is 2.07 bits per heavy atom. The minimum atomic E-state index is -0.246. The minimum Gasteiger partial charge on any atom is -0.472 e. The molecule has 9 heteroatoms. The van der Waals surface area contributed by atoms with E-state index in [9.17, 15) is 4.79 Å². The summed E-state index contributed by atoms with van der Waals surface area (Å²) in [5.41, 5.74) is 3.44. The van der Waals surface area contributed by atoms with Gasteiger partial charge in [-0.25, -0.2) is 0 Å². The van der Waals surface area contributed by atoms with Crippen LogP contribution in [0.4, 0.5) is 0 Å². The summed E-state index contributed by atoms with van der Waals surface area (Å²) >= 11 is 0. The number of hydrogen-bond acceptors (Lipinski definition) is 8. The van der Waals surface area contributed by atoms with Crippen molar-refractivity contribution in [3.05, 3.63) is 53.7 Å². The first-order chi connectivity index (χ1) is 14.2. The van der Waals surface area contributed by atoms with Crippen LogP contribution in [0, 0.1) is 6.92 Å². The summed E-state index contributed by atoms with van der Waals surface area (Å²) in [6.07, 6.45) is 4.87. The molecule has 4 heterocycles. The zero-order valence-electron chi connectivity index (χ0n) is 16.0. The van der Waals surface area contributed by atoms with Crippen molar-refractivity contribution in [1.82, 2.24) is 25.7 Å². The summed E-state index contributed by atoms with van der Waals surface area (Å²) in [5.74, 6) is 0.0611. The first kappa shape index (κ1) is 19.0.